The number of terminal acetylenes is 1. The summed E-state index contributed by atoms with van der Waals surface area (Å²) in [6.45, 7) is 3.96. The molecule has 2 N–H and O–H groups in total. The molecule has 1 heterocycles. The topological polar surface area (TPSA) is 41.1 Å². The molecule has 1 aromatic carbocycles. The Morgan fingerprint density at radius 1 is 1.45 bits per heavy atom. The number of benzene rings is 1. The Morgan fingerprint density at radius 3 is 2.85 bits per heavy atom. The van der Waals surface area contributed by atoms with Gasteiger partial charge < -0.3 is 10.6 Å². The first-order chi connectivity index (χ1) is 9.70. The molecule has 0 aliphatic carbocycles. The number of anilines is 1. The van der Waals surface area contributed by atoms with Crippen molar-refractivity contribution in [1.82, 2.24) is 5.32 Å². The standard InChI is InChI=1S/C17H22N2O/c1-3-8-17(9-11-18-12-10-17)16(20)19-15-7-5-6-14(4-2)13-15/h2,5-7,13,18H,3,8-12H2,1H3,(H,19,20). The fraction of sp³-hybridized carbons (Fsp3) is 0.471. The highest BCUT2D eigenvalue weighted by Gasteiger charge is 2.38. The van der Waals surface area contributed by atoms with E-state index in [0.29, 0.717) is 0 Å². The number of amides is 1. The van der Waals surface area contributed by atoms with Gasteiger partial charge in [-0.15, -0.1) is 6.42 Å². The van der Waals surface area contributed by atoms with Crippen molar-refractivity contribution < 1.29 is 4.79 Å². The van der Waals surface area contributed by atoms with Crippen LogP contribution in [0.1, 0.15) is 38.2 Å². The lowest BCUT2D eigenvalue weighted by Gasteiger charge is -2.36. The molecule has 106 valence electrons. The van der Waals surface area contributed by atoms with Gasteiger partial charge in [-0.1, -0.05) is 25.3 Å². The van der Waals surface area contributed by atoms with Crippen LogP contribution in [0.3, 0.4) is 0 Å². The zero-order chi connectivity index (χ0) is 14.4. The number of hydrogen-bond donors (Lipinski definition) is 2. The second-order valence-electron chi connectivity index (χ2n) is 5.46. The summed E-state index contributed by atoms with van der Waals surface area (Å²) in [4.78, 5) is 12.7. The molecule has 1 saturated heterocycles. The number of hydrogen-bond acceptors (Lipinski definition) is 2. The van der Waals surface area contributed by atoms with Gasteiger partial charge in [0, 0.05) is 11.3 Å². The summed E-state index contributed by atoms with van der Waals surface area (Å²) in [5.41, 5.74) is 1.35. The van der Waals surface area contributed by atoms with Crippen LogP contribution in [0.25, 0.3) is 0 Å². The van der Waals surface area contributed by atoms with E-state index in [-0.39, 0.29) is 11.3 Å². The Morgan fingerprint density at radius 2 is 2.20 bits per heavy atom. The zero-order valence-electron chi connectivity index (χ0n) is 12.0. The van der Waals surface area contributed by atoms with Crippen molar-refractivity contribution in [2.45, 2.75) is 32.6 Å². The van der Waals surface area contributed by atoms with Gasteiger partial charge >= 0.3 is 0 Å². The van der Waals surface area contributed by atoms with E-state index in [2.05, 4.69) is 23.5 Å². The molecule has 3 nitrogen and oxygen atoms in total. The van der Waals surface area contributed by atoms with Crippen molar-refractivity contribution in [1.29, 1.82) is 0 Å². The molecule has 0 spiro atoms. The number of rotatable bonds is 4. The monoisotopic (exact) mass is 270 g/mol. The van der Waals surface area contributed by atoms with Gasteiger partial charge in [-0.05, 0) is 50.6 Å². The van der Waals surface area contributed by atoms with Crippen molar-refractivity contribution in [2.24, 2.45) is 5.41 Å². The maximum atomic E-state index is 12.7. The van der Waals surface area contributed by atoms with Crippen LogP contribution in [0.2, 0.25) is 0 Å². The van der Waals surface area contributed by atoms with Crippen LogP contribution >= 0.6 is 0 Å². The SMILES string of the molecule is C#Cc1cccc(NC(=O)C2(CCC)CCNCC2)c1. The van der Waals surface area contributed by atoms with Gasteiger partial charge in [0.2, 0.25) is 5.91 Å². The predicted octanol–water partition coefficient (Wildman–Crippen LogP) is 2.78. The van der Waals surface area contributed by atoms with Crippen LogP contribution in [-0.4, -0.2) is 19.0 Å². The Balaban J connectivity index is 2.14. The van der Waals surface area contributed by atoms with Gasteiger partial charge in [0.15, 0.2) is 0 Å². The highest BCUT2D eigenvalue weighted by molar-refractivity contribution is 5.95. The van der Waals surface area contributed by atoms with Crippen molar-refractivity contribution in [3.8, 4) is 12.3 Å². The van der Waals surface area contributed by atoms with Gasteiger partial charge in [-0.25, -0.2) is 0 Å². The van der Waals surface area contributed by atoms with E-state index in [1.54, 1.807) is 0 Å². The van der Waals surface area contributed by atoms with E-state index in [0.717, 1.165) is 50.0 Å². The van der Waals surface area contributed by atoms with E-state index in [1.165, 1.54) is 0 Å². The van der Waals surface area contributed by atoms with Crippen LogP contribution in [-0.2, 0) is 4.79 Å². The van der Waals surface area contributed by atoms with E-state index in [4.69, 9.17) is 6.42 Å². The average Bonchev–Trinajstić information content (AvgIpc) is 2.48. The molecule has 2 rings (SSSR count). The Hall–Kier alpha value is -1.79. The number of nitrogens with one attached hydrogen (secondary N) is 2. The summed E-state index contributed by atoms with van der Waals surface area (Å²) in [5, 5.41) is 6.38. The van der Waals surface area contributed by atoms with Crippen molar-refractivity contribution in [3.63, 3.8) is 0 Å². The first kappa shape index (κ1) is 14.6. The second kappa shape index (κ2) is 6.58. The molecular weight excluding hydrogens is 248 g/mol. The minimum atomic E-state index is -0.230. The van der Waals surface area contributed by atoms with Gasteiger partial charge in [0.1, 0.15) is 0 Å². The van der Waals surface area contributed by atoms with Crippen molar-refractivity contribution >= 4 is 11.6 Å². The summed E-state index contributed by atoms with van der Waals surface area (Å²) in [7, 11) is 0. The molecule has 20 heavy (non-hydrogen) atoms. The average molecular weight is 270 g/mol. The van der Waals surface area contributed by atoms with E-state index < -0.39 is 0 Å². The molecule has 1 fully saturated rings. The molecule has 1 aromatic rings. The summed E-state index contributed by atoms with van der Waals surface area (Å²) in [6, 6.07) is 7.47. The van der Waals surface area contributed by atoms with Crippen LogP contribution in [0.15, 0.2) is 24.3 Å². The Bertz CT molecular complexity index is 504. The summed E-state index contributed by atoms with van der Waals surface area (Å²) >= 11 is 0. The molecule has 0 unspecified atom stereocenters. The van der Waals surface area contributed by atoms with E-state index in [1.807, 2.05) is 24.3 Å². The third-order valence-electron chi connectivity index (χ3n) is 4.06. The minimum absolute atomic E-state index is 0.134. The predicted molar refractivity (Wildman–Crippen MR) is 82.5 cm³/mol. The first-order valence-corrected chi connectivity index (χ1v) is 7.29. The maximum absolute atomic E-state index is 12.7. The molecule has 0 bridgehead atoms. The van der Waals surface area contributed by atoms with Gasteiger partial charge in [0.05, 0.1) is 5.41 Å². The molecular formula is C17H22N2O. The molecule has 1 aliphatic heterocycles. The minimum Gasteiger partial charge on any atom is -0.326 e. The smallest absolute Gasteiger partial charge is 0.230 e. The molecule has 1 aliphatic rings. The molecule has 1 amide bonds. The normalized spacial score (nSPS) is 17.2. The fourth-order valence-electron chi connectivity index (χ4n) is 2.92. The van der Waals surface area contributed by atoms with Gasteiger partial charge in [-0.3, -0.25) is 4.79 Å². The summed E-state index contributed by atoms with van der Waals surface area (Å²) in [5.74, 6) is 2.73. The number of carbonyl (C=O) groups excluding carboxylic acids is 1. The van der Waals surface area contributed by atoms with Gasteiger partial charge in [-0.2, -0.15) is 0 Å². The van der Waals surface area contributed by atoms with Crippen LogP contribution in [0.4, 0.5) is 5.69 Å². The lowest BCUT2D eigenvalue weighted by molar-refractivity contribution is -0.127. The molecule has 3 heteroatoms. The Labute approximate surface area is 121 Å². The fourth-order valence-corrected chi connectivity index (χ4v) is 2.92. The molecule has 0 radical (unpaired) electrons. The third-order valence-corrected chi connectivity index (χ3v) is 4.06. The quantitative estimate of drug-likeness (QED) is 0.826. The third kappa shape index (κ3) is 3.20. The van der Waals surface area contributed by atoms with Crippen molar-refractivity contribution in [2.75, 3.05) is 18.4 Å². The molecule has 0 aromatic heterocycles. The first-order valence-electron chi connectivity index (χ1n) is 7.29. The second-order valence-corrected chi connectivity index (χ2v) is 5.46. The van der Waals surface area contributed by atoms with Crippen LogP contribution in [0.5, 0.6) is 0 Å². The lowest BCUT2D eigenvalue weighted by atomic mass is 9.74. The number of carbonyl (C=O) groups is 1. The Kier molecular flexibility index (Phi) is 4.81. The van der Waals surface area contributed by atoms with Crippen LogP contribution in [0, 0.1) is 17.8 Å². The molecule has 0 atom stereocenters. The highest BCUT2D eigenvalue weighted by atomic mass is 16.2. The van der Waals surface area contributed by atoms with Gasteiger partial charge in [0.25, 0.3) is 0 Å². The lowest BCUT2D eigenvalue weighted by Crippen LogP contribution is -2.44. The molecule has 0 saturated carbocycles. The van der Waals surface area contributed by atoms with Crippen molar-refractivity contribution in [3.05, 3.63) is 29.8 Å². The summed E-state index contributed by atoms with van der Waals surface area (Å²) < 4.78 is 0. The number of piperidine rings is 1. The largest absolute Gasteiger partial charge is 0.326 e. The summed E-state index contributed by atoms with van der Waals surface area (Å²) in [6.07, 6.45) is 9.17. The highest BCUT2D eigenvalue weighted by Crippen LogP contribution is 2.35. The maximum Gasteiger partial charge on any atom is 0.230 e. The van der Waals surface area contributed by atoms with E-state index in [9.17, 15) is 4.79 Å². The van der Waals surface area contributed by atoms with E-state index >= 15 is 0 Å². The zero-order valence-corrected chi connectivity index (χ0v) is 12.0. The van der Waals surface area contributed by atoms with Crippen LogP contribution < -0.4 is 10.6 Å².